The van der Waals surface area contributed by atoms with Gasteiger partial charge in [-0.25, -0.2) is 4.79 Å². The molecule has 2 heterocycles. The smallest absolute Gasteiger partial charge is 0.323 e. The molecule has 180 valence electrons. The number of anilines is 2. The van der Waals surface area contributed by atoms with Crippen molar-refractivity contribution in [2.75, 3.05) is 23.7 Å². The van der Waals surface area contributed by atoms with Crippen LogP contribution in [-0.4, -0.2) is 33.7 Å². The maximum atomic E-state index is 12.9. The summed E-state index contributed by atoms with van der Waals surface area (Å²) in [5, 5.41) is 18.1. The number of aromatic nitrogens is 1. The lowest BCUT2D eigenvalue weighted by Gasteiger charge is -2.32. The predicted octanol–water partition coefficient (Wildman–Crippen LogP) is 6.09. The Bertz CT molecular complexity index is 1300. The lowest BCUT2D eigenvalue weighted by molar-refractivity contribution is -0.00827. The number of urea groups is 1. The van der Waals surface area contributed by atoms with Gasteiger partial charge in [0.05, 0.1) is 5.69 Å². The summed E-state index contributed by atoms with van der Waals surface area (Å²) in [5.41, 5.74) is 2.98. The van der Waals surface area contributed by atoms with E-state index in [1.165, 1.54) is 6.42 Å². The Morgan fingerprint density at radius 1 is 0.886 bits per heavy atom. The fourth-order valence-corrected chi connectivity index (χ4v) is 4.62. The van der Waals surface area contributed by atoms with Crippen molar-refractivity contribution in [2.24, 2.45) is 7.05 Å². The number of aryl methyl sites for hydroxylation is 1. The van der Waals surface area contributed by atoms with E-state index < -0.39 is 6.23 Å². The molecule has 0 aliphatic carbocycles. The highest BCUT2D eigenvalue weighted by Crippen LogP contribution is 2.35. The molecular weight excluding hydrogens is 440 g/mol. The second kappa shape index (κ2) is 10.2. The van der Waals surface area contributed by atoms with Crippen LogP contribution >= 0.6 is 0 Å². The zero-order chi connectivity index (χ0) is 24.2. The minimum Gasteiger partial charge on any atom is -0.457 e. The molecule has 1 unspecified atom stereocenters. The Kier molecular flexibility index (Phi) is 6.70. The van der Waals surface area contributed by atoms with Crippen LogP contribution in [0.4, 0.5) is 16.2 Å². The van der Waals surface area contributed by atoms with Gasteiger partial charge in [0, 0.05) is 48.5 Å². The Balaban J connectivity index is 1.33. The zero-order valence-electron chi connectivity index (χ0n) is 19.8. The average molecular weight is 471 g/mol. The van der Waals surface area contributed by atoms with Crippen LogP contribution in [-0.2, 0) is 7.05 Å². The molecule has 3 aromatic carbocycles. The highest BCUT2D eigenvalue weighted by atomic mass is 16.5. The van der Waals surface area contributed by atoms with Gasteiger partial charge in [-0.3, -0.25) is 4.90 Å². The van der Waals surface area contributed by atoms with Crippen LogP contribution in [0, 0.1) is 0 Å². The van der Waals surface area contributed by atoms with Crippen molar-refractivity contribution >= 4 is 28.3 Å². The van der Waals surface area contributed by atoms with Crippen molar-refractivity contribution in [3.05, 3.63) is 84.6 Å². The Hall–Kier alpha value is -3.81. The van der Waals surface area contributed by atoms with Crippen LogP contribution in [0.2, 0.25) is 0 Å². The highest BCUT2D eigenvalue weighted by Gasteiger charge is 2.25. The van der Waals surface area contributed by atoms with Gasteiger partial charge < -0.3 is 25.0 Å². The number of carbonyl (C=O) groups excluding carboxylic acids is 1. The largest absolute Gasteiger partial charge is 0.457 e. The Labute approximate surface area is 204 Å². The predicted molar refractivity (Wildman–Crippen MR) is 139 cm³/mol. The van der Waals surface area contributed by atoms with Crippen LogP contribution in [0.1, 0.15) is 31.1 Å². The third kappa shape index (κ3) is 5.16. The number of hydrogen-bond acceptors (Lipinski definition) is 4. The molecule has 1 saturated heterocycles. The molecule has 2 amide bonds. The molecule has 1 aromatic heterocycles. The van der Waals surface area contributed by atoms with E-state index in [0.717, 1.165) is 48.1 Å². The summed E-state index contributed by atoms with van der Waals surface area (Å²) in [4.78, 5) is 15.0. The monoisotopic (exact) mass is 470 g/mol. The standard InChI is InChI=1S/C28H30N4O3/c1-31-19-16-23-25(31)15-14-24(26(23)27(33)32-17-6-3-7-18-32)30-28(34)29-20-10-12-22(13-11-20)35-21-8-4-2-5-9-21/h2,4-5,8-16,19,27,33H,3,6-7,17-18H2,1H3,(H2,29,30,34). The maximum absolute atomic E-state index is 12.9. The first kappa shape index (κ1) is 23.0. The van der Waals surface area contributed by atoms with Gasteiger partial charge in [-0.05, 0) is 67.4 Å². The number of nitrogens with one attached hydrogen (secondary N) is 2. The van der Waals surface area contributed by atoms with Crippen molar-refractivity contribution in [3.8, 4) is 11.5 Å². The molecule has 35 heavy (non-hydrogen) atoms. The number of nitrogens with zero attached hydrogens (tertiary/aromatic N) is 2. The first-order valence-corrected chi connectivity index (χ1v) is 12.0. The third-order valence-corrected chi connectivity index (χ3v) is 6.44. The zero-order valence-corrected chi connectivity index (χ0v) is 19.8. The molecule has 1 aliphatic heterocycles. The van der Waals surface area contributed by atoms with E-state index in [1.54, 1.807) is 12.1 Å². The highest BCUT2D eigenvalue weighted by molar-refractivity contribution is 6.02. The number of amides is 2. The molecule has 5 rings (SSSR count). The molecule has 4 aromatic rings. The van der Waals surface area contributed by atoms with Crippen molar-refractivity contribution in [1.29, 1.82) is 0 Å². The number of fused-ring (bicyclic) bond motifs is 1. The van der Waals surface area contributed by atoms with E-state index in [-0.39, 0.29) is 6.03 Å². The van der Waals surface area contributed by atoms with Gasteiger partial charge in [0.2, 0.25) is 0 Å². The summed E-state index contributed by atoms with van der Waals surface area (Å²) in [6, 6.07) is 22.2. The molecular formula is C28H30N4O3. The topological polar surface area (TPSA) is 78.8 Å². The minimum absolute atomic E-state index is 0.371. The molecule has 0 bridgehead atoms. The Morgan fingerprint density at radius 2 is 1.60 bits per heavy atom. The second-order valence-electron chi connectivity index (χ2n) is 8.88. The number of rotatable bonds is 6. The molecule has 1 fully saturated rings. The van der Waals surface area contributed by atoms with E-state index in [0.29, 0.717) is 17.1 Å². The number of piperidine rings is 1. The average Bonchev–Trinajstić information content (AvgIpc) is 3.26. The SMILES string of the molecule is Cn1ccc2c(C(O)N3CCCCC3)c(NC(=O)Nc3ccc(Oc4ccccc4)cc3)ccc21. The van der Waals surface area contributed by atoms with Gasteiger partial charge in [0.1, 0.15) is 17.7 Å². The van der Waals surface area contributed by atoms with Crippen LogP contribution in [0.25, 0.3) is 10.9 Å². The van der Waals surface area contributed by atoms with Crippen LogP contribution in [0.15, 0.2) is 79.0 Å². The van der Waals surface area contributed by atoms with Gasteiger partial charge in [-0.1, -0.05) is 24.6 Å². The number of benzene rings is 3. The minimum atomic E-state index is -0.786. The molecule has 1 aliphatic rings. The van der Waals surface area contributed by atoms with E-state index >= 15 is 0 Å². The number of carbonyl (C=O) groups is 1. The third-order valence-electron chi connectivity index (χ3n) is 6.44. The summed E-state index contributed by atoms with van der Waals surface area (Å²) in [7, 11) is 1.98. The summed E-state index contributed by atoms with van der Waals surface area (Å²) >= 11 is 0. The quantitative estimate of drug-likeness (QED) is 0.319. The molecule has 0 radical (unpaired) electrons. The second-order valence-corrected chi connectivity index (χ2v) is 8.88. The van der Waals surface area contributed by atoms with Crippen LogP contribution in [0.5, 0.6) is 11.5 Å². The molecule has 1 atom stereocenters. The molecule has 0 saturated carbocycles. The number of para-hydroxylation sites is 1. The van der Waals surface area contributed by atoms with Gasteiger partial charge in [0.15, 0.2) is 0 Å². The lowest BCUT2D eigenvalue weighted by Crippen LogP contribution is -2.34. The van der Waals surface area contributed by atoms with Crippen molar-refractivity contribution in [2.45, 2.75) is 25.5 Å². The summed E-state index contributed by atoms with van der Waals surface area (Å²) < 4.78 is 7.83. The number of aliphatic hydroxyl groups excluding tert-OH is 1. The van der Waals surface area contributed by atoms with Crippen molar-refractivity contribution < 1.29 is 14.6 Å². The van der Waals surface area contributed by atoms with E-state index in [1.807, 2.05) is 78.5 Å². The fraction of sp³-hybridized carbons (Fsp3) is 0.250. The number of hydrogen-bond donors (Lipinski definition) is 3. The summed E-state index contributed by atoms with van der Waals surface area (Å²) in [5.74, 6) is 1.44. The maximum Gasteiger partial charge on any atom is 0.323 e. The normalized spacial score (nSPS) is 15.0. The first-order chi connectivity index (χ1) is 17.1. The van der Waals surface area contributed by atoms with Crippen LogP contribution in [0.3, 0.4) is 0 Å². The molecule has 7 heteroatoms. The van der Waals surface area contributed by atoms with Crippen molar-refractivity contribution in [1.82, 2.24) is 9.47 Å². The molecule has 0 spiro atoms. The number of aliphatic hydroxyl groups is 1. The van der Waals surface area contributed by atoms with E-state index in [9.17, 15) is 9.90 Å². The number of ether oxygens (including phenoxy) is 1. The van der Waals surface area contributed by atoms with Gasteiger partial charge >= 0.3 is 6.03 Å². The molecule has 3 N–H and O–H groups in total. The Morgan fingerprint density at radius 3 is 2.34 bits per heavy atom. The van der Waals surface area contributed by atoms with Crippen molar-refractivity contribution in [3.63, 3.8) is 0 Å². The lowest BCUT2D eigenvalue weighted by atomic mass is 10.0. The first-order valence-electron chi connectivity index (χ1n) is 12.0. The molecule has 7 nitrogen and oxygen atoms in total. The van der Waals surface area contributed by atoms with Gasteiger partial charge in [-0.15, -0.1) is 0 Å². The summed E-state index contributed by atoms with van der Waals surface area (Å²) in [6.45, 7) is 1.68. The fourth-order valence-electron chi connectivity index (χ4n) is 4.62. The van der Waals surface area contributed by atoms with E-state index in [4.69, 9.17) is 4.74 Å². The van der Waals surface area contributed by atoms with Crippen LogP contribution < -0.4 is 15.4 Å². The number of likely N-dealkylation sites (tertiary alicyclic amines) is 1. The summed E-state index contributed by atoms with van der Waals surface area (Å²) in [6.07, 6.45) is 4.50. The van der Waals surface area contributed by atoms with E-state index in [2.05, 4.69) is 15.5 Å². The van der Waals surface area contributed by atoms with Gasteiger partial charge in [0.25, 0.3) is 0 Å². The van der Waals surface area contributed by atoms with Gasteiger partial charge in [-0.2, -0.15) is 0 Å².